The second-order valence-corrected chi connectivity index (χ2v) is 6.23. The van der Waals surface area contributed by atoms with Crippen molar-refractivity contribution in [3.63, 3.8) is 0 Å². The summed E-state index contributed by atoms with van der Waals surface area (Å²) < 4.78 is 2.11. The molecule has 5 nitrogen and oxygen atoms in total. The lowest BCUT2D eigenvalue weighted by atomic mass is 10.1. The molecule has 2 N–H and O–H groups in total. The van der Waals surface area contributed by atoms with Gasteiger partial charge in [0, 0.05) is 20.1 Å². The predicted molar refractivity (Wildman–Crippen MR) is 113 cm³/mol. The Morgan fingerprint density at radius 1 is 1.25 bits per heavy atom. The Morgan fingerprint density at radius 2 is 2.00 bits per heavy atom. The van der Waals surface area contributed by atoms with E-state index in [0.29, 0.717) is 6.54 Å². The Kier molecular flexibility index (Phi) is 9.10. The van der Waals surface area contributed by atoms with Crippen LogP contribution in [-0.4, -0.2) is 28.6 Å². The molecule has 1 aromatic heterocycles. The highest BCUT2D eigenvalue weighted by atomic mass is 127. The van der Waals surface area contributed by atoms with E-state index in [2.05, 4.69) is 52.0 Å². The zero-order valence-electron chi connectivity index (χ0n) is 15.2. The summed E-state index contributed by atoms with van der Waals surface area (Å²) in [6.45, 7) is 8.98. The first-order chi connectivity index (χ1) is 11.1. The summed E-state index contributed by atoms with van der Waals surface area (Å²) >= 11 is 0. The number of nitrogens with zero attached hydrogens (tertiary/aromatic N) is 3. The highest BCUT2D eigenvalue weighted by Gasteiger charge is 2.06. The normalized spacial score (nSPS) is 11.6. The maximum absolute atomic E-state index is 4.67. The fourth-order valence-electron chi connectivity index (χ4n) is 2.55. The number of hydrogen-bond acceptors (Lipinski definition) is 2. The lowest BCUT2D eigenvalue weighted by molar-refractivity contribution is 0.549. The number of rotatable bonds is 7. The summed E-state index contributed by atoms with van der Waals surface area (Å²) in [5, 5.41) is 6.70. The standard InChI is InChI=1S/C18H29N5.HI/c1-5-19-18(20-12-8-9-14(2)3)21-13-17-22-15-10-6-7-11-16(15)23(17)4;/h6-7,10-11,14H,5,8-9,12-13H2,1-4H3,(H2,19,20,21);1H. The van der Waals surface area contributed by atoms with Gasteiger partial charge in [-0.1, -0.05) is 26.0 Å². The van der Waals surface area contributed by atoms with Crippen molar-refractivity contribution >= 4 is 41.0 Å². The number of para-hydroxylation sites is 2. The van der Waals surface area contributed by atoms with Gasteiger partial charge in [0.2, 0.25) is 0 Å². The van der Waals surface area contributed by atoms with Gasteiger partial charge in [-0.25, -0.2) is 9.98 Å². The quantitative estimate of drug-likeness (QED) is 0.297. The summed E-state index contributed by atoms with van der Waals surface area (Å²) in [4.78, 5) is 9.33. The molecule has 0 bridgehead atoms. The van der Waals surface area contributed by atoms with Crippen LogP contribution in [0.5, 0.6) is 0 Å². The second-order valence-electron chi connectivity index (χ2n) is 6.23. The number of imidazole rings is 1. The molecule has 0 aliphatic heterocycles. The van der Waals surface area contributed by atoms with Crippen LogP contribution in [0.1, 0.15) is 39.4 Å². The number of guanidine groups is 1. The fourth-order valence-corrected chi connectivity index (χ4v) is 2.55. The SMILES string of the molecule is CCNC(=NCc1nc2ccccc2n1C)NCCCC(C)C.I. The van der Waals surface area contributed by atoms with Crippen LogP contribution in [0.3, 0.4) is 0 Å². The van der Waals surface area contributed by atoms with E-state index in [1.165, 1.54) is 6.42 Å². The molecule has 24 heavy (non-hydrogen) atoms. The van der Waals surface area contributed by atoms with Crippen LogP contribution in [0.4, 0.5) is 0 Å². The largest absolute Gasteiger partial charge is 0.357 e. The number of hydrogen-bond donors (Lipinski definition) is 2. The molecule has 134 valence electrons. The van der Waals surface area contributed by atoms with Crippen LogP contribution in [0.2, 0.25) is 0 Å². The van der Waals surface area contributed by atoms with Crippen molar-refractivity contribution in [2.45, 2.75) is 40.2 Å². The lowest BCUT2D eigenvalue weighted by Crippen LogP contribution is -2.37. The van der Waals surface area contributed by atoms with Gasteiger partial charge in [-0.2, -0.15) is 0 Å². The molecule has 0 spiro atoms. The minimum absolute atomic E-state index is 0. The van der Waals surface area contributed by atoms with Crippen LogP contribution in [0, 0.1) is 5.92 Å². The van der Waals surface area contributed by atoms with E-state index in [0.717, 1.165) is 48.2 Å². The number of fused-ring (bicyclic) bond motifs is 1. The van der Waals surface area contributed by atoms with Crippen molar-refractivity contribution in [3.8, 4) is 0 Å². The van der Waals surface area contributed by atoms with E-state index in [-0.39, 0.29) is 24.0 Å². The van der Waals surface area contributed by atoms with Crippen LogP contribution in [0.25, 0.3) is 11.0 Å². The maximum Gasteiger partial charge on any atom is 0.191 e. The molecule has 0 saturated heterocycles. The van der Waals surface area contributed by atoms with Crippen molar-refractivity contribution < 1.29 is 0 Å². The van der Waals surface area contributed by atoms with Crippen LogP contribution >= 0.6 is 24.0 Å². The summed E-state index contributed by atoms with van der Waals surface area (Å²) in [6.07, 6.45) is 2.39. The molecule has 1 heterocycles. The topological polar surface area (TPSA) is 54.2 Å². The van der Waals surface area contributed by atoms with E-state index in [1.807, 2.05) is 25.2 Å². The molecule has 0 unspecified atom stereocenters. The molecule has 6 heteroatoms. The minimum Gasteiger partial charge on any atom is -0.357 e. The molecule has 2 rings (SSSR count). The van der Waals surface area contributed by atoms with Gasteiger partial charge in [-0.05, 0) is 37.8 Å². The summed E-state index contributed by atoms with van der Waals surface area (Å²) in [5.74, 6) is 2.59. The first kappa shape index (κ1) is 20.7. The Balaban J connectivity index is 0.00000288. The fraction of sp³-hybridized carbons (Fsp3) is 0.556. The summed E-state index contributed by atoms with van der Waals surface area (Å²) in [5.41, 5.74) is 2.17. The number of nitrogens with one attached hydrogen (secondary N) is 2. The van der Waals surface area contributed by atoms with Gasteiger partial charge >= 0.3 is 0 Å². The first-order valence-electron chi connectivity index (χ1n) is 8.54. The van der Waals surface area contributed by atoms with Gasteiger partial charge in [0.15, 0.2) is 5.96 Å². The smallest absolute Gasteiger partial charge is 0.191 e. The third-order valence-electron chi connectivity index (χ3n) is 3.85. The van der Waals surface area contributed by atoms with E-state index >= 15 is 0 Å². The molecule has 0 aliphatic rings. The highest BCUT2D eigenvalue weighted by molar-refractivity contribution is 14.0. The first-order valence-corrected chi connectivity index (χ1v) is 8.54. The molecule has 0 amide bonds. The maximum atomic E-state index is 4.67. The Bertz CT molecular complexity index is 648. The minimum atomic E-state index is 0. The number of aryl methyl sites for hydroxylation is 1. The molecule has 0 radical (unpaired) electrons. The number of aliphatic imine (C=N–C) groups is 1. The van der Waals surface area contributed by atoms with E-state index in [1.54, 1.807) is 0 Å². The molecule has 0 fully saturated rings. The Labute approximate surface area is 162 Å². The molecule has 1 aromatic carbocycles. The molecule has 2 aromatic rings. The summed E-state index contributed by atoms with van der Waals surface area (Å²) in [6, 6.07) is 8.18. The molecule has 0 aliphatic carbocycles. The predicted octanol–water partition coefficient (Wildman–Crippen LogP) is 3.68. The second kappa shape index (κ2) is 10.5. The number of benzene rings is 1. The van der Waals surface area contributed by atoms with Crippen molar-refractivity contribution in [1.82, 2.24) is 20.2 Å². The number of halogens is 1. The number of aromatic nitrogens is 2. The van der Waals surface area contributed by atoms with E-state index in [9.17, 15) is 0 Å². The van der Waals surface area contributed by atoms with Gasteiger partial charge in [-0.15, -0.1) is 24.0 Å². The van der Waals surface area contributed by atoms with Crippen LogP contribution in [-0.2, 0) is 13.6 Å². The van der Waals surface area contributed by atoms with E-state index < -0.39 is 0 Å². The van der Waals surface area contributed by atoms with Crippen molar-refractivity contribution in [2.75, 3.05) is 13.1 Å². The van der Waals surface area contributed by atoms with Crippen molar-refractivity contribution in [1.29, 1.82) is 0 Å². The van der Waals surface area contributed by atoms with Gasteiger partial charge < -0.3 is 15.2 Å². The molecular formula is C18H30IN5. The average molecular weight is 443 g/mol. The monoisotopic (exact) mass is 443 g/mol. The van der Waals surface area contributed by atoms with Crippen molar-refractivity contribution in [2.24, 2.45) is 18.0 Å². The van der Waals surface area contributed by atoms with Crippen LogP contribution < -0.4 is 10.6 Å². The van der Waals surface area contributed by atoms with Gasteiger partial charge in [0.1, 0.15) is 12.4 Å². The summed E-state index contributed by atoms with van der Waals surface area (Å²) in [7, 11) is 2.04. The van der Waals surface area contributed by atoms with E-state index in [4.69, 9.17) is 0 Å². The molecule has 0 atom stereocenters. The zero-order chi connectivity index (χ0) is 16.7. The van der Waals surface area contributed by atoms with Crippen molar-refractivity contribution in [3.05, 3.63) is 30.1 Å². The average Bonchev–Trinajstić information content (AvgIpc) is 2.85. The van der Waals surface area contributed by atoms with Gasteiger partial charge in [-0.3, -0.25) is 0 Å². The lowest BCUT2D eigenvalue weighted by Gasteiger charge is -2.12. The van der Waals surface area contributed by atoms with Crippen LogP contribution in [0.15, 0.2) is 29.3 Å². The third kappa shape index (κ3) is 5.96. The third-order valence-corrected chi connectivity index (χ3v) is 3.85. The zero-order valence-corrected chi connectivity index (χ0v) is 17.5. The van der Waals surface area contributed by atoms with Gasteiger partial charge in [0.05, 0.1) is 11.0 Å². The molecular weight excluding hydrogens is 413 g/mol. The Hall–Kier alpha value is -1.31. The highest BCUT2D eigenvalue weighted by Crippen LogP contribution is 2.14. The molecule has 0 saturated carbocycles. The Morgan fingerprint density at radius 3 is 2.67 bits per heavy atom. The van der Waals surface area contributed by atoms with Gasteiger partial charge in [0.25, 0.3) is 0 Å².